The molecule has 2 aliphatic heterocycles. The number of aromatic hydroxyl groups is 1. The van der Waals surface area contributed by atoms with E-state index >= 15 is 0 Å². The number of nitrogens with zero attached hydrogens (tertiary/aromatic N) is 2. The summed E-state index contributed by atoms with van der Waals surface area (Å²) in [5.74, 6) is 2.29. The van der Waals surface area contributed by atoms with E-state index in [-0.39, 0.29) is 11.8 Å². The number of phenolic OH excluding ortho intramolecular Hbond substituents is 1. The van der Waals surface area contributed by atoms with Gasteiger partial charge in [-0.25, -0.2) is 0 Å². The van der Waals surface area contributed by atoms with Crippen LogP contribution in [-0.4, -0.2) is 51.9 Å². The second kappa shape index (κ2) is 7.02. The first-order valence-corrected chi connectivity index (χ1v) is 13.1. The number of phenols is 1. The summed E-state index contributed by atoms with van der Waals surface area (Å²) in [6, 6.07) is 14.0. The quantitative estimate of drug-likeness (QED) is 0.582. The zero-order valence-corrected chi connectivity index (χ0v) is 20.4. The van der Waals surface area contributed by atoms with Gasteiger partial charge in [0.1, 0.15) is 5.75 Å². The van der Waals surface area contributed by atoms with Crippen LogP contribution in [0.3, 0.4) is 0 Å². The lowest BCUT2D eigenvalue weighted by Gasteiger charge is -2.63. The molecule has 6 heteroatoms. The molecule has 184 valence electrons. The number of benzene rings is 2. The van der Waals surface area contributed by atoms with Crippen molar-refractivity contribution < 1.29 is 19.7 Å². The van der Waals surface area contributed by atoms with Crippen LogP contribution >= 0.6 is 0 Å². The molecule has 2 N–H and O–H groups in total. The van der Waals surface area contributed by atoms with E-state index in [2.05, 4.69) is 11.0 Å². The molecule has 5 aliphatic rings. The fourth-order valence-electron chi connectivity index (χ4n) is 7.78. The summed E-state index contributed by atoms with van der Waals surface area (Å²) in [5.41, 5.74) is 4.70. The maximum atomic E-state index is 12.8. The highest BCUT2D eigenvalue weighted by molar-refractivity contribution is 5.68. The minimum atomic E-state index is -0.982. The highest BCUT2D eigenvalue weighted by atomic mass is 16.5. The van der Waals surface area contributed by atoms with Gasteiger partial charge < -0.3 is 19.7 Å². The Kier molecular flexibility index (Phi) is 4.10. The normalized spacial score (nSPS) is 31.4. The van der Waals surface area contributed by atoms with Gasteiger partial charge in [0.25, 0.3) is 0 Å². The first-order chi connectivity index (χ1) is 17.5. The predicted molar refractivity (Wildman–Crippen MR) is 134 cm³/mol. The predicted octanol–water partition coefficient (Wildman–Crippen LogP) is 4.16. The number of rotatable bonds is 4. The highest BCUT2D eigenvalue weighted by Gasteiger charge is 2.72. The lowest BCUT2D eigenvalue weighted by molar-refractivity contribution is -0.173. The number of methoxy groups -OCH3 is 1. The molecule has 36 heavy (non-hydrogen) atoms. The number of hydrogen-bond donors (Lipinski definition) is 2. The zero-order valence-electron chi connectivity index (χ0n) is 20.4. The number of likely N-dealkylation sites (tertiary alicyclic amines) is 1. The van der Waals surface area contributed by atoms with Crippen LogP contribution in [0.4, 0.5) is 0 Å². The van der Waals surface area contributed by atoms with E-state index < -0.39 is 17.1 Å². The summed E-state index contributed by atoms with van der Waals surface area (Å²) in [6.45, 7) is 2.00. The Labute approximate surface area is 210 Å². The summed E-state index contributed by atoms with van der Waals surface area (Å²) in [4.78, 5) is 7.52. The molecular weight excluding hydrogens is 452 g/mol. The molecule has 1 aromatic heterocycles. The Morgan fingerprint density at radius 2 is 1.94 bits per heavy atom. The van der Waals surface area contributed by atoms with Crippen molar-refractivity contribution in [3.63, 3.8) is 0 Å². The number of fused-ring (bicyclic) bond motifs is 2. The Morgan fingerprint density at radius 1 is 1.11 bits per heavy atom. The fourth-order valence-corrected chi connectivity index (χ4v) is 7.78. The summed E-state index contributed by atoms with van der Waals surface area (Å²) in [5, 5.41) is 23.6. The number of hydrogen-bond acceptors (Lipinski definition) is 6. The number of aromatic nitrogens is 1. The lowest BCUT2D eigenvalue weighted by atomic mass is 9.49. The van der Waals surface area contributed by atoms with Crippen molar-refractivity contribution >= 4 is 0 Å². The fraction of sp³-hybridized carbons (Fsp3) is 0.433. The smallest absolute Gasteiger partial charge is 0.166 e. The zero-order chi connectivity index (χ0) is 24.2. The topological polar surface area (TPSA) is 75.0 Å². The largest absolute Gasteiger partial charge is 0.504 e. The van der Waals surface area contributed by atoms with E-state index in [4.69, 9.17) is 14.5 Å². The minimum Gasteiger partial charge on any atom is -0.504 e. The lowest BCUT2D eigenvalue weighted by Crippen LogP contribution is -2.74. The number of pyridine rings is 1. The van der Waals surface area contributed by atoms with Crippen molar-refractivity contribution in [2.24, 2.45) is 5.92 Å². The minimum absolute atomic E-state index is 0.0266. The molecule has 1 saturated carbocycles. The van der Waals surface area contributed by atoms with Crippen molar-refractivity contribution in [3.8, 4) is 28.4 Å². The average molecular weight is 483 g/mol. The molecule has 1 saturated heterocycles. The van der Waals surface area contributed by atoms with Crippen LogP contribution in [0.2, 0.25) is 0 Å². The third kappa shape index (κ3) is 2.56. The number of piperidine rings is 1. The van der Waals surface area contributed by atoms with Gasteiger partial charge in [-0.15, -0.1) is 0 Å². The van der Waals surface area contributed by atoms with Gasteiger partial charge in [0.05, 0.1) is 23.8 Å². The summed E-state index contributed by atoms with van der Waals surface area (Å²) in [7, 11) is 1.67. The second-order valence-electron chi connectivity index (χ2n) is 11.4. The monoisotopic (exact) mass is 482 g/mol. The van der Waals surface area contributed by atoms with E-state index in [1.54, 1.807) is 13.2 Å². The third-order valence-electron chi connectivity index (χ3n) is 9.65. The van der Waals surface area contributed by atoms with Gasteiger partial charge in [0.2, 0.25) is 0 Å². The molecule has 1 spiro atoms. The van der Waals surface area contributed by atoms with Crippen molar-refractivity contribution in [1.82, 2.24) is 9.88 Å². The van der Waals surface area contributed by atoms with Gasteiger partial charge in [-0.1, -0.05) is 18.2 Å². The van der Waals surface area contributed by atoms with Gasteiger partial charge in [0, 0.05) is 36.3 Å². The maximum absolute atomic E-state index is 12.8. The van der Waals surface area contributed by atoms with E-state index in [0.717, 1.165) is 65.5 Å². The molecule has 6 nitrogen and oxygen atoms in total. The van der Waals surface area contributed by atoms with Crippen LogP contribution < -0.4 is 9.47 Å². The molecule has 4 atom stereocenters. The molecule has 2 aromatic carbocycles. The molecule has 0 radical (unpaired) electrons. The summed E-state index contributed by atoms with van der Waals surface area (Å²) >= 11 is 0. The number of aliphatic hydroxyl groups is 1. The van der Waals surface area contributed by atoms with Gasteiger partial charge in [0.15, 0.2) is 17.6 Å². The Hall–Kier alpha value is -3.09. The Balaban J connectivity index is 1.30. The van der Waals surface area contributed by atoms with Crippen LogP contribution in [-0.2, 0) is 18.3 Å². The Bertz CT molecular complexity index is 1400. The first kappa shape index (κ1) is 21.0. The summed E-state index contributed by atoms with van der Waals surface area (Å²) < 4.78 is 11.9. The van der Waals surface area contributed by atoms with E-state index in [1.807, 2.05) is 36.5 Å². The van der Waals surface area contributed by atoms with Crippen LogP contribution in [0.25, 0.3) is 11.1 Å². The van der Waals surface area contributed by atoms with Gasteiger partial charge in [-0.05, 0) is 79.1 Å². The standard InChI is InChI=1S/C30H30N2O4/c1-35-22-7-4-18(5-8-22)21-12-20-14-30(34)24-13-19-6-9-23(33)27-25(19)29(30,28(36-27)26(20)31-15-21)10-11-32(24)16-17-2-3-17/h4-9,12,15,17,24,28,33-34H,2-3,10-11,13-14,16H2,1H3/t24-,28-,29-,30+/m0/s1. The molecule has 8 rings (SSSR count). The highest BCUT2D eigenvalue weighted by Crippen LogP contribution is 2.68. The summed E-state index contributed by atoms with van der Waals surface area (Å²) in [6.07, 6.45) is 6.24. The van der Waals surface area contributed by atoms with Crippen LogP contribution in [0.5, 0.6) is 17.2 Å². The van der Waals surface area contributed by atoms with E-state index in [9.17, 15) is 10.2 Å². The molecule has 3 aromatic rings. The maximum Gasteiger partial charge on any atom is 0.166 e. The molecular formula is C30H30N2O4. The van der Waals surface area contributed by atoms with Crippen LogP contribution in [0.1, 0.15) is 47.8 Å². The van der Waals surface area contributed by atoms with Gasteiger partial charge in [-0.2, -0.15) is 0 Å². The average Bonchev–Trinajstić information content (AvgIpc) is 3.63. The molecule has 3 aliphatic carbocycles. The van der Waals surface area contributed by atoms with E-state index in [1.165, 1.54) is 18.4 Å². The van der Waals surface area contributed by atoms with Gasteiger partial charge >= 0.3 is 0 Å². The van der Waals surface area contributed by atoms with Crippen molar-refractivity contribution in [1.29, 1.82) is 0 Å². The second-order valence-corrected chi connectivity index (χ2v) is 11.4. The molecule has 0 unspecified atom stereocenters. The molecule has 2 bridgehead atoms. The number of ether oxygens (including phenoxy) is 2. The van der Waals surface area contributed by atoms with Crippen LogP contribution in [0, 0.1) is 5.92 Å². The van der Waals surface area contributed by atoms with E-state index in [0.29, 0.717) is 12.2 Å². The third-order valence-corrected chi connectivity index (χ3v) is 9.65. The van der Waals surface area contributed by atoms with Crippen molar-refractivity contribution in [2.75, 3.05) is 20.2 Å². The van der Waals surface area contributed by atoms with Gasteiger partial charge in [-0.3, -0.25) is 9.88 Å². The Morgan fingerprint density at radius 3 is 2.72 bits per heavy atom. The van der Waals surface area contributed by atoms with Crippen molar-refractivity contribution in [2.45, 2.75) is 55.3 Å². The first-order valence-electron chi connectivity index (χ1n) is 13.1. The molecule has 3 heterocycles. The van der Waals surface area contributed by atoms with Crippen LogP contribution in [0.15, 0.2) is 48.7 Å². The van der Waals surface area contributed by atoms with Crippen molar-refractivity contribution in [3.05, 3.63) is 71.0 Å². The SMILES string of the molecule is COc1ccc(-c2cnc3c(c2)C[C@@]2(O)[C@@H]4Cc5ccc(O)c6c5[C@@]2(CCN4CC2CC2)[C@H]3O6)cc1. The molecule has 2 fully saturated rings. The molecule has 0 amide bonds.